The quantitative estimate of drug-likeness (QED) is 0.842. The number of benzene rings is 1. The van der Waals surface area contributed by atoms with Crippen LogP contribution in [0.3, 0.4) is 0 Å². The van der Waals surface area contributed by atoms with E-state index in [0.29, 0.717) is 5.92 Å². The Labute approximate surface area is 111 Å². The molecule has 1 N–H and O–H groups in total. The zero-order valence-electron chi connectivity index (χ0n) is 10.0. The van der Waals surface area contributed by atoms with Crippen LogP contribution in [0.1, 0.15) is 36.2 Å². The molecular formula is C13H18INO. The van der Waals surface area contributed by atoms with Gasteiger partial charge in [0, 0.05) is 10.1 Å². The number of aryl methyl sites for hydroxylation is 1. The Bertz CT molecular complexity index is 374. The molecule has 3 heteroatoms. The SMILES string of the molecule is Cc1ccc(C(=O)NCCC(C)C)c(I)c1. The second kappa shape index (κ2) is 6.23. The average molecular weight is 331 g/mol. The smallest absolute Gasteiger partial charge is 0.252 e. The van der Waals surface area contributed by atoms with Gasteiger partial charge in [0.05, 0.1) is 5.56 Å². The van der Waals surface area contributed by atoms with Gasteiger partial charge in [-0.05, 0) is 54.0 Å². The minimum Gasteiger partial charge on any atom is -0.352 e. The van der Waals surface area contributed by atoms with Gasteiger partial charge in [0.2, 0.25) is 0 Å². The van der Waals surface area contributed by atoms with Crippen LogP contribution in [0, 0.1) is 16.4 Å². The summed E-state index contributed by atoms with van der Waals surface area (Å²) < 4.78 is 1.01. The average Bonchev–Trinajstić information content (AvgIpc) is 2.16. The largest absolute Gasteiger partial charge is 0.352 e. The molecule has 0 heterocycles. The van der Waals surface area contributed by atoms with Crippen molar-refractivity contribution in [2.45, 2.75) is 27.2 Å². The standard InChI is InChI=1S/C13H18INO/c1-9(2)6-7-15-13(16)11-5-4-10(3)8-12(11)14/h4-5,8-9H,6-7H2,1-3H3,(H,15,16). The summed E-state index contributed by atoms with van der Waals surface area (Å²) >= 11 is 2.21. The van der Waals surface area contributed by atoms with Crippen LogP contribution in [0.5, 0.6) is 0 Å². The molecule has 16 heavy (non-hydrogen) atoms. The maximum absolute atomic E-state index is 11.8. The van der Waals surface area contributed by atoms with Crippen molar-refractivity contribution in [3.63, 3.8) is 0 Å². The van der Waals surface area contributed by atoms with Gasteiger partial charge in [0.15, 0.2) is 0 Å². The van der Waals surface area contributed by atoms with Gasteiger partial charge in [-0.2, -0.15) is 0 Å². The zero-order valence-corrected chi connectivity index (χ0v) is 12.2. The number of carbonyl (C=O) groups excluding carboxylic acids is 1. The molecule has 0 saturated heterocycles. The lowest BCUT2D eigenvalue weighted by atomic mass is 10.1. The summed E-state index contributed by atoms with van der Waals surface area (Å²) in [5.41, 5.74) is 1.96. The van der Waals surface area contributed by atoms with Gasteiger partial charge in [0.25, 0.3) is 5.91 Å². The summed E-state index contributed by atoms with van der Waals surface area (Å²) in [6.07, 6.45) is 1.02. The number of halogens is 1. The fourth-order valence-electron chi connectivity index (χ4n) is 1.37. The van der Waals surface area contributed by atoms with Crippen LogP contribution >= 0.6 is 22.6 Å². The number of hydrogen-bond acceptors (Lipinski definition) is 1. The van der Waals surface area contributed by atoms with Crippen molar-refractivity contribution in [2.75, 3.05) is 6.54 Å². The Morgan fingerprint density at radius 3 is 2.69 bits per heavy atom. The minimum atomic E-state index is 0.0325. The number of hydrogen-bond donors (Lipinski definition) is 1. The monoisotopic (exact) mass is 331 g/mol. The van der Waals surface area contributed by atoms with Crippen molar-refractivity contribution in [1.29, 1.82) is 0 Å². The van der Waals surface area contributed by atoms with Crippen LogP contribution in [-0.4, -0.2) is 12.5 Å². The van der Waals surface area contributed by atoms with E-state index in [4.69, 9.17) is 0 Å². The predicted octanol–water partition coefficient (Wildman–Crippen LogP) is 3.38. The number of amides is 1. The second-order valence-corrected chi connectivity index (χ2v) is 5.58. The van der Waals surface area contributed by atoms with Crippen LogP contribution < -0.4 is 5.32 Å². The Morgan fingerprint density at radius 2 is 2.12 bits per heavy atom. The molecule has 2 nitrogen and oxygen atoms in total. The first-order chi connectivity index (χ1) is 7.50. The normalized spacial score (nSPS) is 10.6. The van der Waals surface area contributed by atoms with Crippen LogP contribution in [0.25, 0.3) is 0 Å². The summed E-state index contributed by atoms with van der Waals surface area (Å²) in [5, 5.41) is 2.95. The highest BCUT2D eigenvalue weighted by molar-refractivity contribution is 14.1. The third-order valence-electron chi connectivity index (χ3n) is 2.38. The molecule has 0 radical (unpaired) electrons. The van der Waals surface area contributed by atoms with Crippen molar-refractivity contribution in [1.82, 2.24) is 5.32 Å². The summed E-state index contributed by atoms with van der Waals surface area (Å²) in [5.74, 6) is 0.655. The molecule has 0 aliphatic rings. The first-order valence-electron chi connectivity index (χ1n) is 5.55. The number of nitrogens with one attached hydrogen (secondary N) is 1. The molecule has 88 valence electrons. The summed E-state index contributed by atoms with van der Waals surface area (Å²) in [7, 11) is 0. The van der Waals surface area contributed by atoms with E-state index in [1.54, 1.807) is 0 Å². The molecule has 0 fully saturated rings. The van der Waals surface area contributed by atoms with Crippen LogP contribution in [-0.2, 0) is 0 Å². The van der Waals surface area contributed by atoms with Crippen molar-refractivity contribution in [3.8, 4) is 0 Å². The van der Waals surface area contributed by atoms with Gasteiger partial charge in [-0.1, -0.05) is 25.5 Å². The first kappa shape index (κ1) is 13.5. The third kappa shape index (κ3) is 4.12. The van der Waals surface area contributed by atoms with E-state index in [9.17, 15) is 4.79 Å². The van der Waals surface area contributed by atoms with Gasteiger partial charge >= 0.3 is 0 Å². The van der Waals surface area contributed by atoms with Crippen molar-refractivity contribution < 1.29 is 4.79 Å². The van der Waals surface area contributed by atoms with Gasteiger partial charge in [-0.25, -0.2) is 0 Å². The molecule has 0 unspecified atom stereocenters. The molecule has 1 aromatic rings. The maximum atomic E-state index is 11.8. The molecule has 0 aromatic heterocycles. The topological polar surface area (TPSA) is 29.1 Å². The van der Waals surface area contributed by atoms with E-state index in [2.05, 4.69) is 41.8 Å². The molecule has 0 atom stereocenters. The summed E-state index contributed by atoms with van der Waals surface area (Å²) in [6, 6.07) is 5.89. The lowest BCUT2D eigenvalue weighted by Crippen LogP contribution is -2.26. The predicted molar refractivity (Wildman–Crippen MR) is 75.7 cm³/mol. The van der Waals surface area contributed by atoms with E-state index < -0.39 is 0 Å². The highest BCUT2D eigenvalue weighted by Crippen LogP contribution is 2.14. The second-order valence-electron chi connectivity index (χ2n) is 4.42. The lowest BCUT2D eigenvalue weighted by Gasteiger charge is -2.08. The summed E-state index contributed by atoms with van der Waals surface area (Å²) in [4.78, 5) is 11.8. The molecular weight excluding hydrogens is 313 g/mol. The van der Waals surface area contributed by atoms with Crippen molar-refractivity contribution in [2.24, 2.45) is 5.92 Å². The minimum absolute atomic E-state index is 0.0325. The van der Waals surface area contributed by atoms with Crippen LogP contribution in [0.4, 0.5) is 0 Å². The fraction of sp³-hybridized carbons (Fsp3) is 0.462. The van der Waals surface area contributed by atoms with Gasteiger partial charge in [-0.3, -0.25) is 4.79 Å². The molecule has 1 amide bonds. The van der Waals surface area contributed by atoms with Gasteiger partial charge in [-0.15, -0.1) is 0 Å². The number of rotatable bonds is 4. The molecule has 0 saturated carbocycles. The van der Waals surface area contributed by atoms with E-state index >= 15 is 0 Å². The van der Waals surface area contributed by atoms with Crippen LogP contribution in [0.2, 0.25) is 0 Å². The van der Waals surface area contributed by atoms with Gasteiger partial charge in [0.1, 0.15) is 0 Å². The maximum Gasteiger partial charge on any atom is 0.252 e. The molecule has 0 aliphatic heterocycles. The zero-order chi connectivity index (χ0) is 12.1. The Balaban J connectivity index is 2.59. The van der Waals surface area contributed by atoms with E-state index in [1.807, 2.05) is 25.1 Å². The molecule has 0 spiro atoms. The first-order valence-corrected chi connectivity index (χ1v) is 6.63. The Hall–Kier alpha value is -0.580. The molecule has 0 bridgehead atoms. The summed E-state index contributed by atoms with van der Waals surface area (Å²) in [6.45, 7) is 7.09. The molecule has 1 rings (SSSR count). The third-order valence-corrected chi connectivity index (χ3v) is 3.27. The molecule has 1 aromatic carbocycles. The van der Waals surface area contributed by atoms with E-state index in [-0.39, 0.29) is 5.91 Å². The fourth-order valence-corrected chi connectivity index (χ4v) is 2.29. The van der Waals surface area contributed by atoms with Crippen molar-refractivity contribution in [3.05, 3.63) is 32.9 Å². The Kier molecular flexibility index (Phi) is 5.25. The van der Waals surface area contributed by atoms with Crippen LogP contribution in [0.15, 0.2) is 18.2 Å². The lowest BCUT2D eigenvalue weighted by molar-refractivity contribution is 0.0951. The number of carbonyl (C=O) groups is 1. The van der Waals surface area contributed by atoms with E-state index in [1.165, 1.54) is 5.56 Å². The van der Waals surface area contributed by atoms with Crippen molar-refractivity contribution >= 4 is 28.5 Å². The van der Waals surface area contributed by atoms with E-state index in [0.717, 1.165) is 22.1 Å². The van der Waals surface area contributed by atoms with Gasteiger partial charge < -0.3 is 5.32 Å². The highest BCUT2D eigenvalue weighted by atomic mass is 127. The highest BCUT2D eigenvalue weighted by Gasteiger charge is 2.09. The molecule has 0 aliphatic carbocycles. The Morgan fingerprint density at radius 1 is 1.44 bits per heavy atom.